The topological polar surface area (TPSA) is 50.9 Å². The Bertz CT molecular complexity index is 676. The molecule has 4 heteroatoms. The van der Waals surface area contributed by atoms with Crippen molar-refractivity contribution in [1.82, 2.24) is 14.5 Å². The van der Waals surface area contributed by atoms with Crippen LogP contribution in [0, 0.1) is 0 Å². The van der Waals surface area contributed by atoms with Crippen molar-refractivity contribution in [2.75, 3.05) is 6.61 Å². The molecular formula is C15H15N3O. The molecule has 0 spiro atoms. The van der Waals surface area contributed by atoms with E-state index in [9.17, 15) is 0 Å². The molecule has 1 aromatic carbocycles. The molecule has 0 saturated carbocycles. The maximum atomic E-state index is 9.02. The predicted molar refractivity (Wildman–Crippen MR) is 74.3 cm³/mol. The van der Waals surface area contributed by atoms with Crippen LogP contribution in [0.15, 0.2) is 48.8 Å². The van der Waals surface area contributed by atoms with Crippen LogP contribution in [-0.2, 0) is 6.42 Å². The van der Waals surface area contributed by atoms with Crippen LogP contribution in [0.25, 0.3) is 16.7 Å². The molecular weight excluding hydrogens is 238 g/mol. The second-order valence-electron chi connectivity index (χ2n) is 4.38. The Labute approximate surface area is 111 Å². The van der Waals surface area contributed by atoms with Crippen LogP contribution in [0.3, 0.4) is 0 Å². The summed E-state index contributed by atoms with van der Waals surface area (Å²) in [5.74, 6) is 0.974. The summed E-state index contributed by atoms with van der Waals surface area (Å²) in [5, 5.41) is 9.02. The van der Waals surface area contributed by atoms with Gasteiger partial charge in [-0.05, 0) is 30.7 Å². The molecule has 0 aliphatic carbocycles. The molecule has 0 bridgehead atoms. The van der Waals surface area contributed by atoms with E-state index in [2.05, 4.69) is 20.6 Å². The van der Waals surface area contributed by atoms with Crippen LogP contribution in [0.5, 0.6) is 0 Å². The molecule has 3 aromatic rings. The monoisotopic (exact) mass is 253 g/mol. The first kappa shape index (κ1) is 11.9. The number of rotatable bonds is 4. The van der Waals surface area contributed by atoms with Gasteiger partial charge in [-0.25, -0.2) is 4.98 Å². The lowest BCUT2D eigenvalue weighted by Crippen LogP contribution is -2.02. The van der Waals surface area contributed by atoms with Gasteiger partial charge in [0.2, 0.25) is 0 Å². The van der Waals surface area contributed by atoms with Gasteiger partial charge in [-0.3, -0.25) is 9.55 Å². The first-order chi connectivity index (χ1) is 9.40. The summed E-state index contributed by atoms with van der Waals surface area (Å²) in [6.45, 7) is 0.180. The lowest BCUT2D eigenvalue weighted by atomic mass is 10.3. The normalized spacial score (nSPS) is 11.0. The minimum absolute atomic E-state index is 0.180. The van der Waals surface area contributed by atoms with Crippen molar-refractivity contribution in [2.45, 2.75) is 12.8 Å². The third-order valence-corrected chi connectivity index (χ3v) is 3.11. The van der Waals surface area contributed by atoms with Crippen molar-refractivity contribution in [3.63, 3.8) is 0 Å². The molecule has 0 saturated heterocycles. The molecule has 2 aromatic heterocycles. The van der Waals surface area contributed by atoms with Crippen molar-refractivity contribution in [2.24, 2.45) is 0 Å². The van der Waals surface area contributed by atoms with Crippen molar-refractivity contribution >= 4 is 11.0 Å². The van der Waals surface area contributed by atoms with Crippen LogP contribution in [0.2, 0.25) is 0 Å². The summed E-state index contributed by atoms with van der Waals surface area (Å²) in [6.07, 6.45) is 5.03. The zero-order valence-electron chi connectivity index (χ0n) is 10.5. The fraction of sp³-hybridized carbons (Fsp3) is 0.200. The van der Waals surface area contributed by atoms with Crippen LogP contribution < -0.4 is 0 Å². The number of para-hydroxylation sites is 2. The van der Waals surface area contributed by atoms with E-state index in [1.165, 1.54) is 0 Å². The Morgan fingerprint density at radius 1 is 1.05 bits per heavy atom. The number of aliphatic hydroxyl groups excluding tert-OH is 1. The summed E-state index contributed by atoms with van der Waals surface area (Å²) < 4.78 is 2.13. The van der Waals surface area contributed by atoms with Crippen molar-refractivity contribution in [3.8, 4) is 5.69 Å². The highest BCUT2D eigenvalue weighted by atomic mass is 16.2. The number of aliphatic hydroxyl groups is 1. The van der Waals surface area contributed by atoms with Crippen molar-refractivity contribution < 1.29 is 5.11 Å². The maximum Gasteiger partial charge on any atom is 0.114 e. The minimum Gasteiger partial charge on any atom is -0.396 e. The molecule has 0 atom stereocenters. The van der Waals surface area contributed by atoms with Gasteiger partial charge in [0.25, 0.3) is 0 Å². The minimum atomic E-state index is 0.180. The number of imidazole rings is 1. The molecule has 0 unspecified atom stereocenters. The van der Waals surface area contributed by atoms with Gasteiger partial charge >= 0.3 is 0 Å². The number of hydrogen-bond donors (Lipinski definition) is 1. The van der Waals surface area contributed by atoms with Crippen molar-refractivity contribution in [1.29, 1.82) is 0 Å². The summed E-state index contributed by atoms with van der Waals surface area (Å²) in [6, 6.07) is 12.0. The highest BCUT2D eigenvalue weighted by molar-refractivity contribution is 5.78. The van der Waals surface area contributed by atoms with E-state index in [1.54, 1.807) is 12.4 Å². The summed E-state index contributed by atoms with van der Waals surface area (Å²) in [4.78, 5) is 8.71. The number of benzene rings is 1. The molecule has 1 N–H and O–H groups in total. The third-order valence-electron chi connectivity index (χ3n) is 3.11. The first-order valence-corrected chi connectivity index (χ1v) is 6.38. The van der Waals surface area contributed by atoms with E-state index >= 15 is 0 Å². The summed E-state index contributed by atoms with van der Waals surface area (Å²) in [7, 11) is 0. The highest BCUT2D eigenvalue weighted by Crippen LogP contribution is 2.21. The smallest absolute Gasteiger partial charge is 0.114 e. The lowest BCUT2D eigenvalue weighted by molar-refractivity contribution is 0.287. The molecule has 0 fully saturated rings. The second-order valence-corrected chi connectivity index (χ2v) is 4.38. The van der Waals surface area contributed by atoms with Gasteiger partial charge in [0.15, 0.2) is 0 Å². The van der Waals surface area contributed by atoms with Crippen LogP contribution >= 0.6 is 0 Å². The van der Waals surface area contributed by atoms with Gasteiger partial charge in [-0.1, -0.05) is 12.1 Å². The summed E-state index contributed by atoms with van der Waals surface area (Å²) >= 11 is 0. The number of hydrogen-bond acceptors (Lipinski definition) is 3. The van der Waals surface area contributed by atoms with Crippen LogP contribution in [-0.4, -0.2) is 26.2 Å². The highest BCUT2D eigenvalue weighted by Gasteiger charge is 2.11. The Kier molecular flexibility index (Phi) is 3.25. The molecule has 4 nitrogen and oxygen atoms in total. The average Bonchev–Trinajstić information content (AvgIpc) is 2.84. The van der Waals surface area contributed by atoms with Gasteiger partial charge < -0.3 is 5.11 Å². The number of aromatic nitrogens is 3. The van der Waals surface area contributed by atoms with Crippen molar-refractivity contribution in [3.05, 3.63) is 54.6 Å². The van der Waals surface area contributed by atoms with E-state index in [0.29, 0.717) is 6.42 Å². The number of aryl methyl sites for hydroxylation is 1. The molecule has 2 heterocycles. The van der Waals surface area contributed by atoms with E-state index < -0.39 is 0 Å². The van der Waals surface area contributed by atoms with Crippen LogP contribution in [0.1, 0.15) is 12.2 Å². The number of fused-ring (bicyclic) bond motifs is 1. The van der Waals surface area contributed by atoms with Gasteiger partial charge in [0.1, 0.15) is 5.82 Å². The average molecular weight is 253 g/mol. The first-order valence-electron chi connectivity index (χ1n) is 6.38. The Morgan fingerprint density at radius 2 is 1.84 bits per heavy atom. The SMILES string of the molecule is OCCCc1nc2ccccc2n1-c1ccncc1. The van der Waals surface area contributed by atoms with Gasteiger partial charge in [0.05, 0.1) is 16.7 Å². The van der Waals surface area contributed by atoms with E-state index in [-0.39, 0.29) is 6.61 Å². The third kappa shape index (κ3) is 2.22. The summed E-state index contributed by atoms with van der Waals surface area (Å²) in [5.41, 5.74) is 3.12. The molecule has 0 amide bonds. The Hall–Kier alpha value is -2.20. The van der Waals surface area contributed by atoms with Crippen LogP contribution in [0.4, 0.5) is 0 Å². The predicted octanol–water partition coefficient (Wildman–Crippen LogP) is 2.35. The van der Waals surface area contributed by atoms with E-state index in [4.69, 9.17) is 5.11 Å². The standard InChI is InChI=1S/C15H15N3O/c19-11-3-6-15-17-13-4-1-2-5-14(13)18(15)12-7-9-16-10-8-12/h1-2,4-5,7-10,19H,3,6,11H2. The molecule has 0 radical (unpaired) electrons. The fourth-order valence-corrected chi connectivity index (χ4v) is 2.26. The molecule has 0 aliphatic heterocycles. The fourth-order valence-electron chi connectivity index (χ4n) is 2.26. The van der Waals surface area contributed by atoms with Gasteiger partial charge in [-0.2, -0.15) is 0 Å². The van der Waals surface area contributed by atoms with Gasteiger partial charge in [-0.15, -0.1) is 0 Å². The zero-order valence-corrected chi connectivity index (χ0v) is 10.5. The Morgan fingerprint density at radius 3 is 2.63 bits per heavy atom. The molecule has 3 rings (SSSR count). The lowest BCUT2D eigenvalue weighted by Gasteiger charge is -2.08. The molecule has 0 aliphatic rings. The molecule has 96 valence electrons. The largest absolute Gasteiger partial charge is 0.396 e. The number of pyridine rings is 1. The zero-order chi connectivity index (χ0) is 13.1. The quantitative estimate of drug-likeness (QED) is 0.776. The van der Waals surface area contributed by atoms with E-state index in [1.807, 2.05) is 30.3 Å². The number of nitrogens with zero attached hydrogens (tertiary/aromatic N) is 3. The Balaban J connectivity index is 2.19. The molecule has 19 heavy (non-hydrogen) atoms. The van der Waals surface area contributed by atoms with Gasteiger partial charge in [0, 0.05) is 25.4 Å². The maximum absolute atomic E-state index is 9.02. The van der Waals surface area contributed by atoms with E-state index in [0.717, 1.165) is 29.0 Å². The second kappa shape index (κ2) is 5.20.